The highest BCUT2D eigenvalue weighted by Crippen LogP contribution is 2.37. The summed E-state index contributed by atoms with van der Waals surface area (Å²) in [5.74, 6) is 0. The van der Waals surface area contributed by atoms with Crippen LogP contribution in [0.5, 0.6) is 0 Å². The zero-order valence-corrected chi connectivity index (χ0v) is 9.98. The molecule has 0 unspecified atom stereocenters. The molecule has 0 saturated heterocycles. The van der Waals surface area contributed by atoms with Crippen LogP contribution in [-0.4, -0.2) is 15.2 Å². The number of nitrogens with zero attached hydrogens (tertiary/aromatic N) is 2. The van der Waals surface area contributed by atoms with Crippen molar-refractivity contribution in [2.24, 2.45) is 0 Å². The molecule has 2 aromatic rings. The first-order chi connectivity index (χ1) is 7.43. The summed E-state index contributed by atoms with van der Waals surface area (Å²) in [5.41, 5.74) is 1.09. The smallest absolute Gasteiger partial charge is 0.118 e. The number of hydrogen-bond acceptors (Lipinski definition) is 4. The first-order valence-electron chi connectivity index (χ1n) is 5.28. The van der Waals surface area contributed by atoms with Gasteiger partial charge in [-0.15, -0.1) is 23.1 Å². The molecule has 15 heavy (non-hydrogen) atoms. The van der Waals surface area contributed by atoms with E-state index in [0.717, 1.165) is 10.8 Å². The standard InChI is InChI=1S/C11H12N2S2/c1-2-4-8(3-1)15-11-10-9(5-6-14-10)12-7-13-11/h5-8H,1-4H2. The fourth-order valence-electron chi connectivity index (χ4n) is 2.01. The predicted molar refractivity (Wildman–Crippen MR) is 65.5 cm³/mol. The van der Waals surface area contributed by atoms with Crippen LogP contribution in [0.4, 0.5) is 0 Å². The second-order valence-corrected chi connectivity index (χ2v) is 6.04. The molecule has 0 bridgehead atoms. The maximum Gasteiger partial charge on any atom is 0.118 e. The number of thioether (sulfide) groups is 1. The van der Waals surface area contributed by atoms with Gasteiger partial charge in [-0.05, 0) is 24.3 Å². The molecule has 0 aliphatic heterocycles. The van der Waals surface area contributed by atoms with Gasteiger partial charge in [0.25, 0.3) is 0 Å². The molecule has 0 radical (unpaired) electrons. The number of hydrogen-bond donors (Lipinski definition) is 0. The van der Waals surface area contributed by atoms with Gasteiger partial charge in [0, 0.05) is 5.25 Å². The third kappa shape index (κ3) is 1.88. The lowest BCUT2D eigenvalue weighted by atomic mass is 10.4. The summed E-state index contributed by atoms with van der Waals surface area (Å²) in [6.45, 7) is 0. The average molecular weight is 236 g/mol. The highest BCUT2D eigenvalue weighted by Gasteiger charge is 2.18. The fourth-order valence-corrected chi connectivity index (χ4v) is 4.24. The van der Waals surface area contributed by atoms with Crippen LogP contribution >= 0.6 is 23.1 Å². The summed E-state index contributed by atoms with van der Waals surface area (Å²) in [5, 5.41) is 4.06. The van der Waals surface area contributed by atoms with Gasteiger partial charge in [-0.2, -0.15) is 0 Å². The molecule has 0 amide bonds. The van der Waals surface area contributed by atoms with Gasteiger partial charge >= 0.3 is 0 Å². The summed E-state index contributed by atoms with van der Waals surface area (Å²) in [7, 11) is 0. The van der Waals surface area contributed by atoms with Gasteiger partial charge in [-0.25, -0.2) is 9.97 Å². The minimum atomic E-state index is 0.783. The van der Waals surface area contributed by atoms with Crippen molar-refractivity contribution in [2.45, 2.75) is 36.0 Å². The summed E-state index contributed by atoms with van der Waals surface area (Å²) < 4.78 is 1.26. The third-order valence-electron chi connectivity index (χ3n) is 2.79. The van der Waals surface area contributed by atoms with Crippen molar-refractivity contribution in [2.75, 3.05) is 0 Å². The number of fused-ring (bicyclic) bond motifs is 1. The van der Waals surface area contributed by atoms with Crippen molar-refractivity contribution >= 4 is 33.3 Å². The molecule has 0 atom stereocenters. The van der Waals surface area contributed by atoms with Gasteiger partial charge in [-0.3, -0.25) is 0 Å². The highest BCUT2D eigenvalue weighted by molar-refractivity contribution is 8.00. The van der Waals surface area contributed by atoms with Gasteiger partial charge in [-0.1, -0.05) is 12.8 Å². The highest BCUT2D eigenvalue weighted by atomic mass is 32.2. The molecule has 2 aromatic heterocycles. The topological polar surface area (TPSA) is 25.8 Å². The summed E-state index contributed by atoms with van der Waals surface area (Å²) >= 11 is 3.70. The Morgan fingerprint density at radius 3 is 3.00 bits per heavy atom. The molecule has 0 N–H and O–H groups in total. The van der Waals surface area contributed by atoms with E-state index in [9.17, 15) is 0 Å². The Morgan fingerprint density at radius 2 is 2.13 bits per heavy atom. The van der Waals surface area contributed by atoms with E-state index in [1.54, 1.807) is 17.7 Å². The van der Waals surface area contributed by atoms with Gasteiger partial charge in [0.1, 0.15) is 11.4 Å². The van der Waals surface area contributed by atoms with Crippen LogP contribution in [0.15, 0.2) is 22.8 Å². The first kappa shape index (κ1) is 9.60. The normalized spacial score (nSPS) is 17.6. The molecule has 2 heterocycles. The monoisotopic (exact) mass is 236 g/mol. The van der Waals surface area contributed by atoms with E-state index in [1.807, 2.05) is 11.8 Å². The van der Waals surface area contributed by atoms with E-state index < -0.39 is 0 Å². The molecular weight excluding hydrogens is 224 g/mol. The number of aromatic nitrogens is 2. The van der Waals surface area contributed by atoms with Gasteiger partial charge < -0.3 is 0 Å². The first-order valence-corrected chi connectivity index (χ1v) is 7.04. The zero-order chi connectivity index (χ0) is 10.1. The molecule has 78 valence electrons. The SMILES string of the molecule is c1nc(SC2CCCC2)c2sccc2n1. The Balaban J connectivity index is 1.92. The summed E-state index contributed by atoms with van der Waals surface area (Å²) in [6, 6.07) is 2.07. The van der Waals surface area contributed by atoms with E-state index in [4.69, 9.17) is 0 Å². The van der Waals surface area contributed by atoms with Crippen molar-refractivity contribution < 1.29 is 0 Å². The molecule has 1 aliphatic carbocycles. The van der Waals surface area contributed by atoms with Crippen molar-refractivity contribution in [3.8, 4) is 0 Å². The molecule has 0 aromatic carbocycles. The van der Waals surface area contributed by atoms with E-state index in [-0.39, 0.29) is 0 Å². The van der Waals surface area contributed by atoms with Crippen molar-refractivity contribution in [1.82, 2.24) is 9.97 Å². The quantitative estimate of drug-likeness (QED) is 0.743. The van der Waals surface area contributed by atoms with Crippen LogP contribution in [0.25, 0.3) is 10.2 Å². The van der Waals surface area contributed by atoms with Gasteiger partial charge in [0.15, 0.2) is 0 Å². The van der Waals surface area contributed by atoms with Crippen molar-refractivity contribution in [1.29, 1.82) is 0 Å². The lowest BCUT2D eigenvalue weighted by Crippen LogP contribution is -1.95. The molecule has 2 nitrogen and oxygen atoms in total. The molecule has 1 aliphatic rings. The molecular formula is C11H12N2S2. The van der Waals surface area contributed by atoms with Crippen molar-refractivity contribution in [3.63, 3.8) is 0 Å². The lowest BCUT2D eigenvalue weighted by molar-refractivity contribution is 0.886. The Kier molecular flexibility index (Phi) is 2.63. The molecule has 1 fully saturated rings. The second-order valence-electron chi connectivity index (χ2n) is 3.84. The Bertz CT molecular complexity index is 460. The largest absolute Gasteiger partial charge is 0.235 e. The van der Waals surface area contributed by atoms with Crippen LogP contribution in [0.2, 0.25) is 0 Å². The molecule has 1 saturated carbocycles. The maximum atomic E-state index is 4.40. The fraction of sp³-hybridized carbons (Fsp3) is 0.455. The maximum absolute atomic E-state index is 4.40. The van der Waals surface area contributed by atoms with Crippen LogP contribution in [-0.2, 0) is 0 Å². The molecule has 3 rings (SSSR count). The third-order valence-corrected chi connectivity index (χ3v) is 5.17. The predicted octanol–water partition coefficient (Wildman–Crippen LogP) is 3.73. The minimum absolute atomic E-state index is 0.783. The number of rotatable bonds is 2. The van der Waals surface area contributed by atoms with Crippen LogP contribution in [0.3, 0.4) is 0 Å². The van der Waals surface area contributed by atoms with Gasteiger partial charge in [0.05, 0.1) is 10.2 Å². The second kappa shape index (κ2) is 4.10. The summed E-state index contributed by atoms with van der Waals surface area (Å²) in [4.78, 5) is 8.67. The van der Waals surface area contributed by atoms with Crippen molar-refractivity contribution in [3.05, 3.63) is 17.8 Å². The Labute approximate surface area is 97.1 Å². The van der Waals surface area contributed by atoms with E-state index in [2.05, 4.69) is 21.4 Å². The molecule has 4 heteroatoms. The van der Waals surface area contributed by atoms with E-state index in [0.29, 0.717) is 0 Å². The summed E-state index contributed by atoms with van der Waals surface area (Å²) in [6.07, 6.45) is 7.15. The van der Waals surface area contributed by atoms with E-state index >= 15 is 0 Å². The average Bonchev–Trinajstić information content (AvgIpc) is 2.87. The van der Waals surface area contributed by atoms with Crippen LogP contribution in [0, 0.1) is 0 Å². The van der Waals surface area contributed by atoms with Gasteiger partial charge in [0.2, 0.25) is 0 Å². The van der Waals surface area contributed by atoms with E-state index in [1.165, 1.54) is 35.4 Å². The van der Waals surface area contributed by atoms with Crippen LogP contribution in [0.1, 0.15) is 25.7 Å². The molecule has 0 spiro atoms. The Morgan fingerprint density at radius 1 is 1.27 bits per heavy atom. The minimum Gasteiger partial charge on any atom is -0.235 e. The zero-order valence-electron chi connectivity index (χ0n) is 8.35. The lowest BCUT2D eigenvalue weighted by Gasteiger charge is -2.07. The number of thiophene rings is 1. The Hall–Kier alpha value is -0.610. The van der Waals surface area contributed by atoms with Crippen LogP contribution < -0.4 is 0 Å².